The molecule has 14 heteroatoms. The largest absolute Gasteiger partial charge is 0.450 e. The van der Waals surface area contributed by atoms with Crippen LogP contribution in [-0.2, 0) is 40.4 Å². The summed E-state index contributed by atoms with van der Waals surface area (Å²) in [6.45, 7) is 7.43. The van der Waals surface area contributed by atoms with Crippen LogP contribution < -0.4 is 20.7 Å². The van der Waals surface area contributed by atoms with Crippen molar-refractivity contribution in [2.24, 2.45) is 11.3 Å². The Morgan fingerprint density at radius 1 is 1.04 bits per heavy atom. The van der Waals surface area contributed by atoms with Crippen LogP contribution in [-0.4, -0.2) is 85.1 Å². The fraction of sp³-hybridized carbons (Fsp3) is 0.649. The number of cyclic esters (lactones) is 1. The molecule has 1 saturated heterocycles. The Bertz CT molecular complexity index is 1630. The lowest BCUT2D eigenvalue weighted by Gasteiger charge is -2.35. The molecule has 0 unspecified atom stereocenters. The lowest BCUT2D eigenvalue weighted by atomic mass is 9.85. The van der Waals surface area contributed by atoms with Crippen LogP contribution >= 0.6 is 0 Å². The van der Waals surface area contributed by atoms with Gasteiger partial charge in [-0.1, -0.05) is 70.5 Å². The smallest absolute Gasteiger partial charge is 0.407 e. The van der Waals surface area contributed by atoms with Crippen LogP contribution in [0.1, 0.15) is 103 Å². The van der Waals surface area contributed by atoms with Gasteiger partial charge in [0.25, 0.3) is 5.91 Å². The van der Waals surface area contributed by atoms with Crippen LogP contribution in [0, 0.1) is 11.3 Å². The van der Waals surface area contributed by atoms with Crippen molar-refractivity contribution in [3.05, 3.63) is 41.5 Å². The lowest BCUT2D eigenvalue weighted by molar-refractivity contribution is -0.142. The number of hydrogen-bond donors (Lipinski definition) is 4. The topological polar surface area (TPSA) is 180 Å². The van der Waals surface area contributed by atoms with Gasteiger partial charge in [0.1, 0.15) is 17.6 Å². The molecule has 0 aromatic heterocycles. The molecule has 0 radical (unpaired) electrons. The molecule has 2 heterocycles. The zero-order chi connectivity index (χ0) is 37.0. The first-order chi connectivity index (χ1) is 24.1. The molecule has 5 amide bonds. The molecule has 2 saturated carbocycles. The van der Waals surface area contributed by atoms with Gasteiger partial charge >= 0.3 is 6.09 Å². The summed E-state index contributed by atoms with van der Waals surface area (Å²) in [6.07, 6.45) is 9.21. The molecule has 2 bridgehead atoms. The summed E-state index contributed by atoms with van der Waals surface area (Å²) in [6, 6.07) is 5.14. The maximum atomic E-state index is 14.3. The van der Waals surface area contributed by atoms with Crippen LogP contribution in [0.5, 0.6) is 0 Å². The Balaban J connectivity index is 1.39. The minimum absolute atomic E-state index is 0.00223. The molecule has 2 aliphatic carbocycles. The fourth-order valence-electron chi connectivity index (χ4n) is 7.09. The van der Waals surface area contributed by atoms with Gasteiger partial charge in [-0.15, -0.1) is 0 Å². The highest BCUT2D eigenvalue weighted by Crippen LogP contribution is 2.47. The van der Waals surface area contributed by atoms with E-state index in [2.05, 4.69) is 32.8 Å². The van der Waals surface area contributed by atoms with E-state index >= 15 is 0 Å². The number of aryl methyl sites for hydroxylation is 1. The predicted molar refractivity (Wildman–Crippen MR) is 191 cm³/mol. The number of hydrogen-bond acceptors (Lipinski definition) is 8. The third kappa shape index (κ3) is 9.49. The van der Waals surface area contributed by atoms with Gasteiger partial charge in [0.05, 0.1) is 11.9 Å². The van der Waals surface area contributed by atoms with E-state index in [-0.39, 0.29) is 44.2 Å². The van der Waals surface area contributed by atoms with Gasteiger partial charge < -0.3 is 25.6 Å². The molecule has 280 valence electrons. The normalized spacial score (nSPS) is 28.9. The van der Waals surface area contributed by atoms with Crippen molar-refractivity contribution >= 4 is 45.8 Å². The van der Waals surface area contributed by atoms with Crippen molar-refractivity contribution < 1.29 is 37.1 Å². The van der Waals surface area contributed by atoms with Crippen molar-refractivity contribution in [1.82, 2.24) is 25.6 Å². The molecule has 0 spiro atoms. The predicted octanol–water partition coefficient (Wildman–Crippen LogP) is 3.33. The van der Waals surface area contributed by atoms with Crippen molar-refractivity contribution in [3.63, 3.8) is 0 Å². The molecule has 5 atom stereocenters. The first-order valence-corrected chi connectivity index (χ1v) is 19.8. The van der Waals surface area contributed by atoms with Gasteiger partial charge in [-0.2, -0.15) is 0 Å². The van der Waals surface area contributed by atoms with Crippen LogP contribution in [0.25, 0.3) is 6.08 Å². The number of amides is 5. The molecular weight excluding hydrogens is 675 g/mol. The monoisotopic (exact) mass is 727 g/mol. The number of benzene rings is 1. The molecular formula is C37H53N5O8S. The number of rotatable bonds is 6. The molecule has 4 N–H and O–H groups in total. The van der Waals surface area contributed by atoms with E-state index in [0.717, 1.165) is 30.4 Å². The Labute approximate surface area is 301 Å². The first kappa shape index (κ1) is 38.3. The molecule has 13 nitrogen and oxygen atoms in total. The van der Waals surface area contributed by atoms with Gasteiger partial charge in [0.15, 0.2) is 0 Å². The maximum absolute atomic E-state index is 14.3. The molecule has 51 heavy (non-hydrogen) atoms. The second-order valence-electron chi connectivity index (χ2n) is 15.5. The number of carbonyl (C=O) groups excluding carboxylic acids is 5. The van der Waals surface area contributed by atoms with Crippen LogP contribution in [0.15, 0.2) is 30.3 Å². The van der Waals surface area contributed by atoms with E-state index in [4.69, 9.17) is 4.74 Å². The van der Waals surface area contributed by atoms with E-state index in [9.17, 15) is 32.4 Å². The second-order valence-corrected chi connectivity index (χ2v) is 17.4. The van der Waals surface area contributed by atoms with Crippen molar-refractivity contribution in [3.8, 4) is 0 Å². The average molecular weight is 728 g/mol. The molecule has 4 aliphatic rings. The molecule has 2 aliphatic heterocycles. The van der Waals surface area contributed by atoms with Crippen LogP contribution in [0.4, 0.5) is 4.79 Å². The average Bonchev–Trinajstić information content (AvgIpc) is 4.00. The highest BCUT2D eigenvalue weighted by molar-refractivity contribution is 7.91. The van der Waals surface area contributed by atoms with E-state index in [1.807, 2.05) is 31.2 Å². The minimum Gasteiger partial charge on any atom is -0.450 e. The number of fused-ring (bicyclic) bond motifs is 3. The number of nitrogens with zero attached hydrogens (tertiary/aromatic N) is 1. The first-order valence-electron chi connectivity index (χ1n) is 18.3. The number of allylic oxidation sites excluding steroid dienone is 1. The van der Waals surface area contributed by atoms with Gasteiger partial charge in [-0.05, 0) is 80.2 Å². The zero-order valence-electron chi connectivity index (χ0n) is 30.2. The molecule has 1 aromatic rings. The summed E-state index contributed by atoms with van der Waals surface area (Å²) in [4.78, 5) is 69.5. The number of sulfonamides is 1. The SMILES string of the molecule is CC[C@H]1C[C@]1(NC(=O)[C@@H]1C[C@@H]2CN1C(=O)[C@H](C(C)(C)C)NC(=O)OCCCCC/C=C/c1ccccc1CCC(=O)N2)C(=O)NS(=O)(=O)C1CC1. The lowest BCUT2D eigenvalue weighted by Crippen LogP contribution is -2.60. The van der Waals surface area contributed by atoms with E-state index < -0.39 is 68.2 Å². The third-order valence-electron chi connectivity index (χ3n) is 10.4. The number of ether oxygens (including phenoxy) is 1. The van der Waals surface area contributed by atoms with Gasteiger partial charge in [-0.25, -0.2) is 13.2 Å². The van der Waals surface area contributed by atoms with Gasteiger partial charge in [0, 0.05) is 19.0 Å². The number of carbonyl (C=O) groups is 5. The summed E-state index contributed by atoms with van der Waals surface area (Å²) in [5.74, 6) is -2.45. The van der Waals surface area contributed by atoms with Crippen LogP contribution in [0.3, 0.4) is 0 Å². The summed E-state index contributed by atoms with van der Waals surface area (Å²) in [5, 5.41) is 7.95. The summed E-state index contributed by atoms with van der Waals surface area (Å²) in [5.41, 5.74) is -0.148. The van der Waals surface area contributed by atoms with Gasteiger partial charge in [0.2, 0.25) is 27.7 Å². The number of alkyl carbamates (subject to hydrolysis) is 1. The fourth-order valence-corrected chi connectivity index (χ4v) is 8.45. The standard InChI is InChI=1S/C37H53N5O8S/c1-5-26-22-37(26,34(46)41-51(48,49)28-17-18-28)40-32(44)29-21-27-23-42(29)33(45)31(36(2,3)4)39-35(47)50-20-12-8-6-7-9-13-24-14-10-11-15-25(24)16-19-30(43)38-27/h9-11,13-15,26-29,31H,5-8,12,16-23H2,1-4H3,(H,38,43)(H,39,47)(H,40,44)(H,41,46)/b13-9+/t26-,27+,29-,31+,37+/m0/s1. The van der Waals surface area contributed by atoms with E-state index in [0.29, 0.717) is 32.1 Å². The maximum Gasteiger partial charge on any atom is 0.407 e. The molecule has 1 aromatic carbocycles. The summed E-state index contributed by atoms with van der Waals surface area (Å²) in [7, 11) is -3.86. The summed E-state index contributed by atoms with van der Waals surface area (Å²) >= 11 is 0. The quantitative estimate of drug-likeness (QED) is 0.345. The van der Waals surface area contributed by atoms with Crippen molar-refractivity contribution in [2.75, 3.05) is 13.2 Å². The Morgan fingerprint density at radius 2 is 1.78 bits per heavy atom. The molecule has 3 fully saturated rings. The zero-order valence-corrected chi connectivity index (χ0v) is 31.0. The highest BCUT2D eigenvalue weighted by atomic mass is 32.2. The Kier molecular flexibility index (Phi) is 11.8. The number of nitrogens with one attached hydrogen (secondary N) is 4. The van der Waals surface area contributed by atoms with E-state index in [1.54, 1.807) is 20.8 Å². The Hall–Kier alpha value is -3.94. The van der Waals surface area contributed by atoms with Gasteiger partial charge in [-0.3, -0.25) is 23.9 Å². The van der Waals surface area contributed by atoms with E-state index in [1.165, 1.54) is 4.90 Å². The van der Waals surface area contributed by atoms with Crippen molar-refractivity contribution in [2.45, 2.75) is 127 Å². The Morgan fingerprint density at radius 3 is 2.47 bits per heavy atom. The minimum atomic E-state index is -3.86. The molecule has 5 rings (SSSR count). The second kappa shape index (κ2) is 15.7. The van der Waals surface area contributed by atoms with Crippen LogP contribution in [0.2, 0.25) is 0 Å². The third-order valence-corrected chi connectivity index (χ3v) is 12.2. The van der Waals surface area contributed by atoms with Crippen molar-refractivity contribution in [1.29, 1.82) is 0 Å². The highest BCUT2D eigenvalue weighted by Gasteiger charge is 2.62. The summed E-state index contributed by atoms with van der Waals surface area (Å²) < 4.78 is 32.9.